The van der Waals surface area contributed by atoms with E-state index in [1.807, 2.05) is 0 Å². The van der Waals surface area contributed by atoms with Crippen LogP contribution in [0.3, 0.4) is 0 Å². The highest BCUT2D eigenvalue weighted by molar-refractivity contribution is 7.91. The van der Waals surface area contributed by atoms with Crippen LogP contribution in [0.1, 0.15) is 20.8 Å². The summed E-state index contributed by atoms with van der Waals surface area (Å²) in [6.07, 6.45) is -2.24. The molecule has 0 aliphatic heterocycles. The van der Waals surface area contributed by atoms with Crippen molar-refractivity contribution < 1.29 is 47.1 Å². The van der Waals surface area contributed by atoms with E-state index in [-0.39, 0.29) is 24.5 Å². The standard InChI is InChI=1S/C19H28N4O11S/c1-13(33-18(27)34-15-6-4-14(5-7-15)23(28)29)11-35(30,31)9-8-20-16(24)10-32-22-21-12-19(2,3)17(25)26/h4-7,13,21-22H,8-12H2,1-3H3,(H,20,24)(H,25,26). The molecule has 1 atom stereocenters. The van der Waals surface area contributed by atoms with E-state index in [1.54, 1.807) is 0 Å². The summed E-state index contributed by atoms with van der Waals surface area (Å²) in [5.74, 6) is -2.62. The van der Waals surface area contributed by atoms with Crippen LogP contribution in [0.15, 0.2) is 24.3 Å². The Balaban J connectivity index is 2.28. The highest BCUT2D eigenvalue weighted by Crippen LogP contribution is 2.18. The molecule has 0 bridgehead atoms. The van der Waals surface area contributed by atoms with Crippen molar-refractivity contribution in [2.75, 3.05) is 31.2 Å². The van der Waals surface area contributed by atoms with Crippen LogP contribution < -0.4 is 21.1 Å². The Hall–Kier alpha value is -3.34. The van der Waals surface area contributed by atoms with E-state index in [0.717, 1.165) is 12.1 Å². The normalized spacial score (nSPS) is 12.4. The summed E-state index contributed by atoms with van der Waals surface area (Å²) >= 11 is 0. The first-order valence-electron chi connectivity index (χ1n) is 10.1. The molecule has 1 aromatic rings. The molecule has 0 aromatic heterocycles. The largest absolute Gasteiger partial charge is 0.514 e. The molecular formula is C19H28N4O11S. The van der Waals surface area contributed by atoms with E-state index in [0.29, 0.717) is 0 Å². The average molecular weight is 521 g/mol. The number of nitrogens with one attached hydrogen (secondary N) is 3. The van der Waals surface area contributed by atoms with Gasteiger partial charge in [-0.05, 0) is 32.9 Å². The first kappa shape index (κ1) is 29.7. The van der Waals surface area contributed by atoms with Gasteiger partial charge in [0.25, 0.3) is 5.69 Å². The Morgan fingerprint density at radius 1 is 1.20 bits per heavy atom. The second kappa shape index (κ2) is 13.5. The molecule has 4 N–H and O–H groups in total. The number of rotatable bonds is 15. The number of nitrogens with zero attached hydrogens (tertiary/aromatic N) is 1. The number of hydrogen-bond donors (Lipinski definition) is 4. The molecule has 0 spiro atoms. The lowest BCUT2D eigenvalue weighted by atomic mass is 9.94. The third-order valence-electron chi connectivity index (χ3n) is 4.23. The number of carbonyl (C=O) groups excluding carboxylic acids is 2. The second-order valence-electron chi connectivity index (χ2n) is 7.93. The number of carboxylic acids is 1. The summed E-state index contributed by atoms with van der Waals surface area (Å²) in [7, 11) is -3.71. The quantitative estimate of drug-likeness (QED) is 0.0799. The Morgan fingerprint density at radius 2 is 1.83 bits per heavy atom. The maximum Gasteiger partial charge on any atom is 0.514 e. The fourth-order valence-corrected chi connectivity index (χ4v) is 3.64. The number of nitro groups is 1. The van der Waals surface area contributed by atoms with Gasteiger partial charge < -0.3 is 19.9 Å². The molecule has 1 aromatic carbocycles. The van der Waals surface area contributed by atoms with Crippen molar-refractivity contribution in [2.45, 2.75) is 26.9 Å². The predicted molar refractivity (Wildman–Crippen MR) is 120 cm³/mol. The topological polar surface area (TPSA) is 212 Å². The second-order valence-corrected chi connectivity index (χ2v) is 10.2. The molecule has 0 radical (unpaired) electrons. The molecule has 0 fully saturated rings. The van der Waals surface area contributed by atoms with Crippen molar-refractivity contribution in [3.63, 3.8) is 0 Å². The molecular weight excluding hydrogens is 492 g/mol. The smallest absolute Gasteiger partial charge is 0.481 e. The van der Waals surface area contributed by atoms with E-state index in [1.165, 1.54) is 32.9 Å². The van der Waals surface area contributed by atoms with Gasteiger partial charge in [0.1, 0.15) is 18.5 Å². The molecule has 1 rings (SSSR count). The average Bonchev–Trinajstić information content (AvgIpc) is 2.72. The molecule has 16 heteroatoms. The van der Waals surface area contributed by atoms with E-state index >= 15 is 0 Å². The maximum absolute atomic E-state index is 12.2. The summed E-state index contributed by atoms with van der Waals surface area (Å²) in [6, 6.07) is 4.64. The maximum atomic E-state index is 12.2. The first-order valence-corrected chi connectivity index (χ1v) is 12.0. The first-order chi connectivity index (χ1) is 16.2. The van der Waals surface area contributed by atoms with Gasteiger partial charge >= 0.3 is 12.1 Å². The lowest BCUT2D eigenvalue weighted by molar-refractivity contribution is -0.384. The summed E-state index contributed by atoms with van der Waals surface area (Å²) < 4.78 is 34.0. The number of hydrazine groups is 1. The van der Waals surface area contributed by atoms with Crippen LogP contribution in [0.2, 0.25) is 0 Å². The highest BCUT2D eigenvalue weighted by Gasteiger charge is 2.26. The zero-order chi connectivity index (χ0) is 26.6. The summed E-state index contributed by atoms with van der Waals surface area (Å²) in [5, 5.41) is 21.9. The highest BCUT2D eigenvalue weighted by atomic mass is 32.2. The van der Waals surface area contributed by atoms with Gasteiger partial charge in [-0.1, -0.05) is 0 Å². The number of carbonyl (C=O) groups is 3. The molecule has 1 amide bonds. The number of carboxylic acid groups (broad SMARTS) is 1. The molecule has 0 saturated carbocycles. The minimum atomic E-state index is -3.71. The molecule has 1 unspecified atom stereocenters. The number of aliphatic carboxylic acids is 1. The van der Waals surface area contributed by atoms with Crippen LogP contribution in [0.25, 0.3) is 0 Å². The van der Waals surface area contributed by atoms with Gasteiger partial charge in [0.15, 0.2) is 9.84 Å². The number of non-ortho nitro benzene ring substituents is 1. The van der Waals surface area contributed by atoms with Crippen molar-refractivity contribution in [3.05, 3.63) is 34.4 Å². The number of ether oxygens (including phenoxy) is 2. The van der Waals surface area contributed by atoms with Crippen LogP contribution in [-0.2, 0) is 29.0 Å². The van der Waals surface area contributed by atoms with Gasteiger partial charge in [0.2, 0.25) is 5.91 Å². The zero-order valence-corrected chi connectivity index (χ0v) is 20.1. The Kier molecular flexibility index (Phi) is 11.5. The third kappa shape index (κ3) is 12.1. The number of sulfone groups is 1. The van der Waals surface area contributed by atoms with Gasteiger partial charge in [-0.25, -0.2) is 18.6 Å². The lowest BCUT2D eigenvalue weighted by Crippen LogP contribution is -2.44. The lowest BCUT2D eigenvalue weighted by Gasteiger charge is -2.19. The van der Waals surface area contributed by atoms with Gasteiger partial charge in [0.05, 0.1) is 21.8 Å². The number of amides is 1. The molecule has 196 valence electrons. The van der Waals surface area contributed by atoms with Gasteiger partial charge in [-0.2, -0.15) is 0 Å². The van der Waals surface area contributed by atoms with Crippen molar-refractivity contribution >= 4 is 33.6 Å². The third-order valence-corrected chi connectivity index (χ3v) is 6.03. The molecule has 0 aliphatic rings. The van der Waals surface area contributed by atoms with Crippen LogP contribution in [-0.4, -0.2) is 73.8 Å². The van der Waals surface area contributed by atoms with E-state index in [2.05, 4.69) is 16.3 Å². The Bertz CT molecular complexity index is 997. The fourth-order valence-electron chi connectivity index (χ4n) is 2.28. The van der Waals surface area contributed by atoms with Crippen molar-refractivity contribution in [1.82, 2.24) is 16.3 Å². The molecule has 0 aliphatic carbocycles. The zero-order valence-electron chi connectivity index (χ0n) is 19.3. The Morgan fingerprint density at radius 3 is 2.40 bits per heavy atom. The molecule has 35 heavy (non-hydrogen) atoms. The van der Waals surface area contributed by atoms with Crippen LogP contribution in [0.5, 0.6) is 5.75 Å². The minimum Gasteiger partial charge on any atom is -0.481 e. The number of benzene rings is 1. The van der Waals surface area contributed by atoms with Crippen molar-refractivity contribution in [2.24, 2.45) is 5.41 Å². The number of hydrogen-bond acceptors (Lipinski definition) is 12. The fraction of sp³-hybridized carbons (Fsp3) is 0.526. The van der Waals surface area contributed by atoms with E-state index < -0.39 is 62.4 Å². The SMILES string of the molecule is CC(CS(=O)(=O)CCNC(=O)CONNCC(C)(C)C(=O)O)OC(=O)Oc1ccc([N+](=O)[O-])cc1. The molecule has 15 nitrogen and oxygen atoms in total. The molecule has 0 heterocycles. The summed E-state index contributed by atoms with van der Waals surface area (Å²) in [5.41, 5.74) is 3.46. The van der Waals surface area contributed by atoms with Crippen LogP contribution in [0.4, 0.5) is 10.5 Å². The summed E-state index contributed by atoms with van der Waals surface area (Å²) in [6.45, 7) is 3.66. The Labute approximate surface area is 201 Å². The van der Waals surface area contributed by atoms with Crippen LogP contribution >= 0.6 is 0 Å². The van der Waals surface area contributed by atoms with Crippen molar-refractivity contribution in [3.8, 4) is 5.75 Å². The van der Waals surface area contributed by atoms with Gasteiger partial charge in [-0.15, -0.1) is 5.59 Å². The summed E-state index contributed by atoms with van der Waals surface area (Å²) in [4.78, 5) is 49.2. The monoisotopic (exact) mass is 520 g/mol. The van der Waals surface area contributed by atoms with E-state index in [9.17, 15) is 32.9 Å². The number of nitro benzene ring substituents is 1. The van der Waals surface area contributed by atoms with Crippen LogP contribution in [0, 0.1) is 15.5 Å². The van der Waals surface area contributed by atoms with Gasteiger partial charge in [-0.3, -0.25) is 24.5 Å². The van der Waals surface area contributed by atoms with Gasteiger partial charge in [0, 0.05) is 25.2 Å². The van der Waals surface area contributed by atoms with Crippen molar-refractivity contribution in [1.29, 1.82) is 0 Å². The molecule has 0 saturated heterocycles. The minimum absolute atomic E-state index is 0.0177. The van der Waals surface area contributed by atoms with E-state index in [4.69, 9.17) is 19.4 Å². The predicted octanol–water partition coefficient (Wildman–Crippen LogP) is 0.166.